The fraction of sp³-hybridized carbons (Fsp3) is 0.125. The van der Waals surface area contributed by atoms with Gasteiger partial charge in [-0.15, -0.1) is 0 Å². The number of nitrogens with zero attached hydrogens (tertiary/aromatic N) is 1. The van der Waals surface area contributed by atoms with Crippen LogP contribution in [0.5, 0.6) is 0 Å². The Balaban J connectivity index is 2.17. The quantitative estimate of drug-likeness (QED) is 0.637. The first-order valence-corrected chi connectivity index (χ1v) is 6.35. The SMILES string of the molecule is Cc1ccc(N2C(=O)c3cccc(N)c3C2=O)c(C)c1. The number of benzene rings is 2. The summed E-state index contributed by atoms with van der Waals surface area (Å²) in [6.45, 7) is 3.85. The molecule has 4 heteroatoms. The zero-order valence-corrected chi connectivity index (χ0v) is 11.3. The minimum Gasteiger partial charge on any atom is -0.398 e. The van der Waals surface area contributed by atoms with Crippen molar-refractivity contribution in [3.05, 3.63) is 58.7 Å². The Morgan fingerprint density at radius 2 is 1.75 bits per heavy atom. The molecule has 0 radical (unpaired) electrons. The predicted octanol–water partition coefficient (Wildman–Crippen LogP) is 2.69. The lowest BCUT2D eigenvalue weighted by molar-refractivity contribution is 0.0926. The maximum atomic E-state index is 12.5. The van der Waals surface area contributed by atoms with Gasteiger partial charge in [0.2, 0.25) is 0 Å². The molecule has 0 fully saturated rings. The van der Waals surface area contributed by atoms with Crippen molar-refractivity contribution < 1.29 is 9.59 Å². The van der Waals surface area contributed by atoms with Gasteiger partial charge in [0.15, 0.2) is 0 Å². The first-order chi connectivity index (χ1) is 9.50. The number of anilines is 2. The van der Waals surface area contributed by atoms with Crippen molar-refractivity contribution in [2.75, 3.05) is 10.6 Å². The van der Waals surface area contributed by atoms with E-state index in [1.54, 1.807) is 24.3 Å². The molecule has 20 heavy (non-hydrogen) atoms. The average Bonchev–Trinajstić information content (AvgIpc) is 2.64. The second-order valence-electron chi connectivity index (χ2n) is 5.01. The second-order valence-corrected chi connectivity index (χ2v) is 5.01. The molecule has 0 aliphatic carbocycles. The fourth-order valence-corrected chi connectivity index (χ4v) is 2.59. The van der Waals surface area contributed by atoms with E-state index in [2.05, 4.69) is 0 Å². The van der Waals surface area contributed by atoms with E-state index in [1.807, 2.05) is 26.0 Å². The first-order valence-electron chi connectivity index (χ1n) is 6.35. The summed E-state index contributed by atoms with van der Waals surface area (Å²) in [4.78, 5) is 26.1. The Labute approximate surface area is 116 Å². The average molecular weight is 266 g/mol. The smallest absolute Gasteiger partial charge is 0.268 e. The second kappa shape index (κ2) is 4.20. The standard InChI is InChI=1S/C16H14N2O2/c1-9-6-7-13(10(2)8-9)18-15(19)11-4-3-5-12(17)14(11)16(18)20/h3-8H,17H2,1-2H3. The summed E-state index contributed by atoms with van der Waals surface area (Å²) in [5, 5.41) is 0. The Bertz CT molecular complexity index is 750. The highest BCUT2D eigenvalue weighted by Crippen LogP contribution is 2.33. The van der Waals surface area contributed by atoms with Gasteiger partial charge in [-0.3, -0.25) is 9.59 Å². The normalized spacial score (nSPS) is 13.8. The van der Waals surface area contributed by atoms with Crippen LogP contribution in [0.1, 0.15) is 31.8 Å². The molecule has 0 aromatic heterocycles. The molecule has 2 amide bonds. The highest BCUT2D eigenvalue weighted by molar-refractivity contribution is 6.36. The van der Waals surface area contributed by atoms with Crippen LogP contribution in [-0.2, 0) is 0 Å². The van der Waals surface area contributed by atoms with Crippen LogP contribution in [0.15, 0.2) is 36.4 Å². The Morgan fingerprint density at radius 3 is 2.40 bits per heavy atom. The van der Waals surface area contributed by atoms with E-state index in [1.165, 1.54) is 4.90 Å². The van der Waals surface area contributed by atoms with Gasteiger partial charge in [0.1, 0.15) is 0 Å². The minimum absolute atomic E-state index is 0.303. The third-order valence-corrected chi connectivity index (χ3v) is 3.54. The number of amides is 2. The molecule has 100 valence electrons. The molecule has 0 saturated carbocycles. The van der Waals surface area contributed by atoms with Crippen molar-refractivity contribution >= 4 is 23.2 Å². The van der Waals surface area contributed by atoms with Crippen LogP contribution >= 0.6 is 0 Å². The summed E-state index contributed by atoms with van der Waals surface area (Å²) in [6.07, 6.45) is 0. The summed E-state index contributed by atoms with van der Waals surface area (Å²) < 4.78 is 0. The molecular formula is C16H14N2O2. The number of fused-ring (bicyclic) bond motifs is 1. The van der Waals surface area contributed by atoms with Crippen molar-refractivity contribution in [3.8, 4) is 0 Å². The molecule has 0 atom stereocenters. The van der Waals surface area contributed by atoms with E-state index in [0.717, 1.165) is 11.1 Å². The molecule has 1 aliphatic rings. The van der Waals surface area contributed by atoms with Crippen LogP contribution in [0.3, 0.4) is 0 Å². The summed E-state index contributed by atoms with van der Waals surface area (Å²) in [5.74, 6) is -0.667. The highest BCUT2D eigenvalue weighted by Gasteiger charge is 2.38. The van der Waals surface area contributed by atoms with Crippen LogP contribution in [0, 0.1) is 13.8 Å². The predicted molar refractivity (Wildman–Crippen MR) is 77.9 cm³/mol. The molecule has 0 spiro atoms. The van der Waals surface area contributed by atoms with E-state index in [4.69, 9.17) is 5.73 Å². The number of aryl methyl sites for hydroxylation is 2. The third kappa shape index (κ3) is 1.61. The summed E-state index contributed by atoms with van der Waals surface area (Å²) >= 11 is 0. The van der Waals surface area contributed by atoms with E-state index in [9.17, 15) is 9.59 Å². The van der Waals surface area contributed by atoms with Gasteiger partial charge in [0, 0.05) is 5.69 Å². The van der Waals surface area contributed by atoms with E-state index in [-0.39, 0.29) is 11.8 Å². The molecule has 1 aliphatic heterocycles. The van der Waals surface area contributed by atoms with Gasteiger partial charge < -0.3 is 5.73 Å². The van der Waals surface area contributed by atoms with Crippen LogP contribution in [0.4, 0.5) is 11.4 Å². The Hall–Kier alpha value is -2.62. The van der Waals surface area contributed by atoms with E-state index < -0.39 is 0 Å². The van der Waals surface area contributed by atoms with Gasteiger partial charge >= 0.3 is 0 Å². The maximum Gasteiger partial charge on any atom is 0.268 e. The maximum absolute atomic E-state index is 12.5. The molecule has 2 aromatic rings. The largest absolute Gasteiger partial charge is 0.398 e. The molecule has 3 rings (SSSR count). The number of hydrogen-bond donors (Lipinski definition) is 1. The molecule has 0 bridgehead atoms. The number of nitrogen functional groups attached to an aromatic ring is 1. The molecule has 4 nitrogen and oxygen atoms in total. The zero-order valence-electron chi connectivity index (χ0n) is 11.3. The van der Waals surface area contributed by atoms with Crippen molar-refractivity contribution in [3.63, 3.8) is 0 Å². The van der Waals surface area contributed by atoms with Crippen molar-refractivity contribution in [2.24, 2.45) is 0 Å². The molecule has 0 unspecified atom stereocenters. The molecule has 1 heterocycles. The van der Waals surface area contributed by atoms with Gasteiger partial charge in [-0.25, -0.2) is 4.90 Å². The lowest BCUT2D eigenvalue weighted by Crippen LogP contribution is -2.30. The number of hydrogen-bond acceptors (Lipinski definition) is 3. The van der Waals surface area contributed by atoms with Crippen LogP contribution in [0.25, 0.3) is 0 Å². The van der Waals surface area contributed by atoms with Crippen LogP contribution in [0.2, 0.25) is 0 Å². The fourth-order valence-electron chi connectivity index (χ4n) is 2.59. The molecule has 2 aromatic carbocycles. The number of carbonyl (C=O) groups is 2. The van der Waals surface area contributed by atoms with Crippen LogP contribution < -0.4 is 10.6 Å². The van der Waals surface area contributed by atoms with Crippen LogP contribution in [-0.4, -0.2) is 11.8 Å². The van der Waals surface area contributed by atoms with Crippen molar-refractivity contribution in [1.82, 2.24) is 0 Å². The topological polar surface area (TPSA) is 63.4 Å². The van der Waals surface area contributed by atoms with Crippen molar-refractivity contribution in [2.45, 2.75) is 13.8 Å². The molecule has 0 saturated heterocycles. The molecule has 2 N–H and O–H groups in total. The Kier molecular flexibility index (Phi) is 2.61. The van der Waals surface area contributed by atoms with Gasteiger partial charge in [0.05, 0.1) is 16.8 Å². The number of imide groups is 1. The zero-order chi connectivity index (χ0) is 14.4. The van der Waals surface area contributed by atoms with Gasteiger partial charge in [-0.2, -0.15) is 0 Å². The molecular weight excluding hydrogens is 252 g/mol. The first kappa shape index (κ1) is 12.4. The summed E-state index contributed by atoms with van der Waals surface area (Å²) in [7, 11) is 0. The lowest BCUT2D eigenvalue weighted by Gasteiger charge is -2.17. The third-order valence-electron chi connectivity index (χ3n) is 3.54. The van der Waals surface area contributed by atoms with E-state index in [0.29, 0.717) is 22.5 Å². The van der Waals surface area contributed by atoms with Gasteiger partial charge in [-0.1, -0.05) is 23.8 Å². The van der Waals surface area contributed by atoms with Gasteiger partial charge in [-0.05, 0) is 37.6 Å². The summed E-state index contributed by atoms with van der Waals surface area (Å²) in [5.41, 5.74) is 9.43. The monoisotopic (exact) mass is 266 g/mol. The summed E-state index contributed by atoms with van der Waals surface area (Å²) in [6, 6.07) is 10.6. The Morgan fingerprint density at radius 1 is 1.00 bits per heavy atom. The van der Waals surface area contributed by atoms with Gasteiger partial charge in [0.25, 0.3) is 11.8 Å². The van der Waals surface area contributed by atoms with Crippen molar-refractivity contribution in [1.29, 1.82) is 0 Å². The minimum atomic E-state index is -0.352. The number of rotatable bonds is 1. The number of carbonyl (C=O) groups excluding carboxylic acids is 2. The highest BCUT2D eigenvalue weighted by atomic mass is 16.2. The lowest BCUT2D eigenvalue weighted by atomic mass is 10.1. The van der Waals surface area contributed by atoms with E-state index >= 15 is 0 Å². The number of nitrogens with two attached hydrogens (primary N) is 1.